The molecule has 0 amide bonds. The van der Waals surface area contributed by atoms with Crippen LogP contribution in [-0.4, -0.2) is 25.8 Å². The van der Waals surface area contributed by atoms with Gasteiger partial charge >= 0.3 is 6.18 Å². The number of unbranched alkanes of at least 4 members (excludes halogenated alkanes) is 1. The maximum Gasteiger partial charge on any atom is 0.468 e. The number of halogens is 3. The minimum Gasteiger partial charge on any atom is -0.497 e. The standard InChI is InChI=1S/C17H22F3NO2/c1-4-5-6-13(2)11-12-23-16(17(18,19)20)21-14-7-9-15(22-3)10-8-14/h7-11H,4-6,12H2,1-3H3/b13-11-,21-16?. The van der Waals surface area contributed by atoms with Crippen LogP contribution in [0.15, 0.2) is 40.9 Å². The highest BCUT2D eigenvalue weighted by Crippen LogP contribution is 2.24. The average Bonchev–Trinajstić information content (AvgIpc) is 2.51. The van der Waals surface area contributed by atoms with Crippen LogP contribution in [0.4, 0.5) is 18.9 Å². The second-order valence-electron chi connectivity index (χ2n) is 5.08. The molecule has 0 saturated heterocycles. The lowest BCUT2D eigenvalue weighted by Crippen LogP contribution is -2.25. The third kappa shape index (κ3) is 7.21. The van der Waals surface area contributed by atoms with E-state index in [9.17, 15) is 13.2 Å². The van der Waals surface area contributed by atoms with Gasteiger partial charge in [0.1, 0.15) is 12.4 Å². The molecule has 0 aliphatic heterocycles. The first-order valence-corrected chi connectivity index (χ1v) is 7.45. The van der Waals surface area contributed by atoms with Gasteiger partial charge in [-0.3, -0.25) is 0 Å². The first-order chi connectivity index (χ1) is 10.9. The highest BCUT2D eigenvalue weighted by Gasteiger charge is 2.38. The molecule has 0 N–H and O–H groups in total. The molecule has 0 saturated carbocycles. The summed E-state index contributed by atoms with van der Waals surface area (Å²) in [6, 6.07) is 5.97. The predicted octanol–water partition coefficient (Wildman–Crippen LogP) is 5.44. The summed E-state index contributed by atoms with van der Waals surface area (Å²) < 4.78 is 48.7. The van der Waals surface area contributed by atoms with Gasteiger partial charge < -0.3 is 9.47 Å². The Balaban J connectivity index is 2.78. The Morgan fingerprint density at radius 3 is 2.39 bits per heavy atom. The van der Waals surface area contributed by atoms with Crippen molar-refractivity contribution in [3.63, 3.8) is 0 Å². The molecule has 1 aromatic rings. The topological polar surface area (TPSA) is 30.8 Å². The SMILES string of the molecule is CCCC/C(C)=C\COC(=Nc1ccc(OC)cc1)C(F)(F)F. The molecule has 0 aliphatic rings. The molecule has 6 heteroatoms. The van der Waals surface area contributed by atoms with E-state index >= 15 is 0 Å². The van der Waals surface area contributed by atoms with E-state index in [0.29, 0.717) is 5.75 Å². The highest BCUT2D eigenvalue weighted by molar-refractivity contribution is 5.84. The fourth-order valence-corrected chi connectivity index (χ4v) is 1.77. The number of hydrogen-bond donors (Lipinski definition) is 0. The lowest BCUT2D eigenvalue weighted by Gasteiger charge is -2.11. The molecule has 0 radical (unpaired) electrons. The van der Waals surface area contributed by atoms with Crippen molar-refractivity contribution in [1.82, 2.24) is 0 Å². The van der Waals surface area contributed by atoms with Crippen LogP contribution in [0.5, 0.6) is 5.75 Å². The molecule has 0 spiro atoms. The first kappa shape index (κ1) is 19.1. The minimum atomic E-state index is -4.63. The van der Waals surface area contributed by atoms with Gasteiger partial charge in [-0.15, -0.1) is 0 Å². The van der Waals surface area contributed by atoms with Crippen LogP contribution in [0, 0.1) is 0 Å². The van der Waals surface area contributed by atoms with Crippen LogP contribution in [-0.2, 0) is 4.74 Å². The number of rotatable bonds is 7. The van der Waals surface area contributed by atoms with E-state index in [0.717, 1.165) is 24.8 Å². The zero-order valence-corrected chi connectivity index (χ0v) is 13.6. The number of hydrogen-bond acceptors (Lipinski definition) is 3. The van der Waals surface area contributed by atoms with E-state index in [-0.39, 0.29) is 12.3 Å². The fraction of sp³-hybridized carbons (Fsp3) is 0.471. The first-order valence-electron chi connectivity index (χ1n) is 7.45. The number of ether oxygens (including phenoxy) is 2. The van der Waals surface area contributed by atoms with Gasteiger partial charge in [0.2, 0.25) is 0 Å². The lowest BCUT2D eigenvalue weighted by atomic mass is 10.1. The molecule has 0 atom stereocenters. The normalized spacial score (nSPS) is 13.1. The van der Waals surface area contributed by atoms with Gasteiger partial charge in [0.05, 0.1) is 12.8 Å². The summed E-state index contributed by atoms with van der Waals surface area (Å²) in [5.41, 5.74) is 1.17. The lowest BCUT2D eigenvalue weighted by molar-refractivity contribution is -0.0770. The maximum absolute atomic E-state index is 13.0. The van der Waals surface area contributed by atoms with Gasteiger partial charge in [0, 0.05) is 0 Å². The Labute approximate surface area is 134 Å². The van der Waals surface area contributed by atoms with Crippen molar-refractivity contribution in [1.29, 1.82) is 0 Å². The Morgan fingerprint density at radius 1 is 1.22 bits per heavy atom. The second kappa shape index (κ2) is 9.22. The third-order valence-corrected chi connectivity index (χ3v) is 3.12. The molecule has 128 valence electrons. The number of aliphatic imine (C=N–C) groups is 1. The van der Waals surface area contributed by atoms with Crippen LogP contribution >= 0.6 is 0 Å². The van der Waals surface area contributed by atoms with Gasteiger partial charge in [-0.2, -0.15) is 13.2 Å². The quantitative estimate of drug-likeness (QED) is 0.379. The molecule has 0 bridgehead atoms. The average molecular weight is 329 g/mol. The van der Waals surface area contributed by atoms with Crippen molar-refractivity contribution in [2.24, 2.45) is 4.99 Å². The summed E-state index contributed by atoms with van der Waals surface area (Å²) in [7, 11) is 1.48. The van der Waals surface area contributed by atoms with Crippen molar-refractivity contribution >= 4 is 11.6 Å². The fourth-order valence-electron chi connectivity index (χ4n) is 1.77. The molecule has 0 aromatic heterocycles. The molecule has 1 aromatic carbocycles. The summed E-state index contributed by atoms with van der Waals surface area (Å²) in [4.78, 5) is 3.55. The second-order valence-corrected chi connectivity index (χ2v) is 5.08. The predicted molar refractivity (Wildman–Crippen MR) is 85.4 cm³/mol. The summed E-state index contributed by atoms with van der Waals surface area (Å²) in [5.74, 6) is -0.699. The van der Waals surface area contributed by atoms with Gasteiger partial charge in [-0.25, -0.2) is 4.99 Å². The van der Waals surface area contributed by atoms with Crippen LogP contribution in [0.2, 0.25) is 0 Å². The summed E-state index contributed by atoms with van der Waals surface area (Å²) in [6.07, 6.45) is -0.0694. The van der Waals surface area contributed by atoms with Gasteiger partial charge in [-0.1, -0.05) is 18.9 Å². The Bertz CT molecular complexity index is 534. The molecule has 0 heterocycles. The third-order valence-electron chi connectivity index (χ3n) is 3.12. The van der Waals surface area contributed by atoms with Crippen molar-refractivity contribution in [3.8, 4) is 5.75 Å². The van der Waals surface area contributed by atoms with E-state index in [1.807, 2.05) is 6.92 Å². The number of methoxy groups -OCH3 is 1. The number of allylic oxidation sites excluding steroid dienone is 1. The molecule has 0 fully saturated rings. The molecular weight excluding hydrogens is 307 g/mol. The van der Waals surface area contributed by atoms with Gasteiger partial charge in [-0.05, 0) is 50.1 Å². The zero-order valence-electron chi connectivity index (χ0n) is 13.6. The summed E-state index contributed by atoms with van der Waals surface area (Å²) >= 11 is 0. The Kier molecular flexibility index (Phi) is 7.65. The van der Waals surface area contributed by atoms with Gasteiger partial charge in [0.15, 0.2) is 0 Å². The van der Waals surface area contributed by atoms with Crippen LogP contribution in [0.1, 0.15) is 33.1 Å². The Hall–Kier alpha value is -1.98. The van der Waals surface area contributed by atoms with E-state index in [2.05, 4.69) is 11.9 Å². The Morgan fingerprint density at radius 2 is 1.87 bits per heavy atom. The zero-order chi connectivity index (χ0) is 17.3. The smallest absolute Gasteiger partial charge is 0.468 e. The maximum atomic E-state index is 13.0. The highest BCUT2D eigenvalue weighted by atomic mass is 19.4. The largest absolute Gasteiger partial charge is 0.497 e. The molecule has 3 nitrogen and oxygen atoms in total. The monoisotopic (exact) mass is 329 g/mol. The molecule has 1 rings (SSSR count). The van der Waals surface area contributed by atoms with Crippen molar-refractivity contribution in [2.75, 3.05) is 13.7 Å². The summed E-state index contributed by atoms with van der Waals surface area (Å²) in [6.45, 7) is 3.80. The molecule has 0 unspecified atom stereocenters. The number of alkyl halides is 3. The summed E-state index contributed by atoms with van der Waals surface area (Å²) in [5, 5.41) is 0. The van der Waals surface area contributed by atoms with Gasteiger partial charge in [0.25, 0.3) is 5.90 Å². The molecule has 0 aliphatic carbocycles. The van der Waals surface area contributed by atoms with Crippen molar-refractivity contribution in [3.05, 3.63) is 35.9 Å². The number of nitrogens with zero attached hydrogens (tertiary/aromatic N) is 1. The van der Waals surface area contributed by atoms with Crippen molar-refractivity contribution in [2.45, 2.75) is 39.3 Å². The van der Waals surface area contributed by atoms with E-state index < -0.39 is 12.1 Å². The van der Waals surface area contributed by atoms with E-state index in [1.54, 1.807) is 18.2 Å². The van der Waals surface area contributed by atoms with Crippen molar-refractivity contribution < 1.29 is 22.6 Å². The van der Waals surface area contributed by atoms with E-state index in [1.165, 1.54) is 19.2 Å². The number of benzene rings is 1. The van der Waals surface area contributed by atoms with Crippen LogP contribution in [0.25, 0.3) is 0 Å². The van der Waals surface area contributed by atoms with Crippen LogP contribution < -0.4 is 4.74 Å². The minimum absolute atomic E-state index is 0.149. The van der Waals surface area contributed by atoms with E-state index in [4.69, 9.17) is 9.47 Å². The molecule has 23 heavy (non-hydrogen) atoms. The molecular formula is C17H22F3NO2. The van der Waals surface area contributed by atoms with Crippen LogP contribution in [0.3, 0.4) is 0 Å².